The van der Waals surface area contributed by atoms with Crippen molar-refractivity contribution in [3.05, 3.63) is 16.1 Å². The number of anilines is 2. The van der Waals surface area contributed by atoms with E-state index in [4.69, 9.17) is 23.2 Å². The lowest BCUT2D eigenvalue weighted by atomic mass is 9.97. The minimum Gasteiger partial charge on any atom is -0.369 e. The number of aromatic nitrogens is 1. The maximum Gasteiger partial charge on any atom is 0.147 e. The molecule has 3 rings (SSSR count). The zero-order valence-corrected chi connectivity index (χ0v) is 13.8. The number of nitrogens with zero attached hydrogens (tertiary/aromatic N) is 2. The van der Waals surface area contributed by atoms with Crippen molar-refractivity contribution >= 4 is 34.8 Å². The molecule has 3 heterocycles. The number of pyridine rings is 1. The van der Waals surface area contributed by atoms with E-state index in [1.807, 2.05) is 6.92 Å². The molecular weight excluding hydrogens is 307 g/mol. The van der Waals surface area contributed by atoms with Gasteiger partial charge in [0.05, 0.1) is 10.0 Å². The Labute approximate surface area is 136 Å². The van der Waals surface area contributed by atoms with E-state index in [1.165, 1.54) is 32.4 Å². The SMILES string of the molecule is CCNc1nc(NC2CCN3CCCC3C2)c(Cl)cc1Cl. The molecule has 2 aliphatic heterocycles. The highest BCUT2D eigenvalue weighted by Crippen LogP contribution is 2.32. The minimum absolute atomic E-state index is 0.449. The molecule has 21 heavy (non-hydrogen) atoms. The lowest BCUT2D eigenvalue weighted by molar-refractivity contribution is 0.188. The van der Waals surface area contributed by atoms with E-state index in [1.54, 1.807) is 6.07 Å². The van der Waals surface area contributed by atoms with Crippen molar-refractivity contribution in [2.45, 2.75) is 44.7 Å². The van der Waals surface area contributed by atoms with Crippen LogP contribution in [0.4, 0.5) is 11.6 Å². The minimum atomic E-state index is 0.449. The Bertz CT molecular complexity index is 509. The Morgan fingerprint density at radius 2 is 2.05 bits per heavy atom. The molecule has 0 amide bonds. The second kappa shape index (κ2) is 6.59. The third kappa shape index (κ3) is 3.38. The van der Waals surface area contributed by atoms with E-state index >= 15 is 0 Å². The van der Waals surface area contributed by atoms with Crippen LogP contribution in [0.25, 0.3) is 0 Å². The van der Waals surface area contributed by atoms with Gasteiger partial charge in [0.1, 0.15) is 11.6 Å². The quantitative estimate of drug-likeness (QED) is 0.880. The van der Waals surface area contributed by atoms with Crippen molar-refractivity contribution in [1.29, 1.82) is 0 Å². The number of rotatable bonds is 4. The maximum absolute atomic E-state index is 6.28. The molecule has 1 aromatic rings. The Balaban J connectivity index is 1.70. The summed E-state index contributed by atoms with van der Waals surface area (Å²) in [6, 6.07) is 2.95. The van der Waals surface area contributed by atoms with Crippen LogP contribution in [0.3, 0.4) is 0 Å². The zero-order valence-electron chi connectivity index (χ0n) is 12.3. The van der Waals surface area contributed by atoms with Crippen LogP contribution in [0, 0.1) is 0 Å². The standard InChI is InChI=1S/C15H22Cl2N4/c1-2-18-14-12(16)9-13(17)15(20-14)19-10-5-7-21-6-3-4-11(21)8-10/h9-11H,2-8H2,1H3,(H2,18,19,20). The highest BCUT2D eigenvalue weighted by molar-refractivity contribution is 6.37. The highest BCUT2D eigenvalue weighted by Gasteiger charge is 2.31. The van der Waals surface area contributed by atoms with Gasteiger partial charge in [0, 0.05) is 25.2 Å². The van der Waals surface area contributed by atoms with Gasteiger partial charge in [-0.2, -0.15) is 0 Å². The highest BCUT2D eigenvalue weighted by atomic mass is 35.5. The van der Waals surface area contributed by atoms with Crippen molar-refractivity contribution in [2.24, 2.45) is 0 Å². The maximum atomic E-state index is 6.28. The molecule has 2 unspecified atom stereocenters. The molecule has 0 bridgehead atoms. The van der Waals surface area contributed by atoms with Crippen LogP contribution in [-0.4, -0.2) is 41.6 Å². The van der Waals surface area contributed by atoms with Crippen LogP contribution >= 0.6 is 23.2 Å². The predicted molar refractivity (Wildman–Crippen MR) is 89.7 cm³/mol. The summed E-state index contributed by atoms with van der Waals surface area (Å²) in [5.41, 5.74) is 0. The van der Waals surface area contributed by atoms with Gasteiger partial charge in [0.2, 0.25) is 0 Å². The van der Waals surface area contributed by atoms with Crippen LogP contribution in [0.1, 0.15) is 32.6 Å². The summed E-state index contributed by atoms with van der Waals surface area (Å²) in [5.74, 6) is 1.44. The average molecular weight is 329 g/mol. The molecule has 2 N–H and O–H groups in total. The lowest BCUT2D eigenvalue weighted by Gasteiger charge is -2.35. The van der Waals surface area contributed by atoms with Gasteiger partial charge in [-0.1, -0.05) is 23.2 Å². The summed E-state index contributed by atoms with van der Waals surface area (Å²) in [6.45, 7) is 5.25. The normalized spacial score (nSPS) is 25.7. The molecule has 0 saturated carbocycles. The topological polar surface area (TPSA) is 40.2 Å². The van der Waals surface area contributed by atoms with E-state index in [-0.39, 0.29) is 0 Å². The Kier molecular flexibility index (Phi) is 4.77. The molecule has 0 radical (unpaired) electrons. The van der Waals surface area contributed by atoms with Crippen LogP contribution in [0.2, 0.25) is 10.0 Å². The second-order valence-corrected chi connectivity index (χ2v) is 6.69. The molecule has 6 heteroatoms. The average Bonchev–Trinajstić information content (AvgIpc) is 2.92. The van der Waals surface area contributed by atoms with E-state index in [9.17, 15) is 0 Å². The van der Waals surface area contributed by atoms with Crippen LogP contribution < -0.4 is 10.6 Å². The molecule has 2 saturated heterocycles. The van der Waals surface area contributed by atoms with E-state index in [0.29, 0.717) is 21.9 Å². The molecule has 2 atom stereocenters. The van der Waals surface area contributed by atoms with Crippen molar-refractivity contribution < 1.29 is 0 Å². The third-order valence-corrected chi connectivity index (χ3v) is 5.01. The van der Waals surface area contributed by atoms with Crippen molar-refractivity contribution in [3.63, 3.8) is 0 Å². The molecule has 0 aliphatic carbocycles. The largest absolute Gasteiger partial charge is 0.369 e. The van der Waals surface area contributed by atoms with Crippen LogP contribution in [-0.2, 0) is 0 Å². The van der Waals surface area contributed by atoms with Gasteiger partial charge in [0.15, 0.2) is 0 Å². The van der Waals surface area contributed by atoms with Crippen molar-refractivity contribution in [3.8, 4) is 0 Å². The molecule has 0 aromatic carbocycles. The molecule has 1 aromatic heterocycles. The number of hydrogen-bond acceptors (Lipinski definition) is 4. The van der Waals surface area contributed by atoms with Gasteiger partial charge in [-0.15, -0.1) is 0 Å². The molecule has 4 nitrogen and oxygen atoms in total. The summed E-state index contributed by atoms with van der Waals surface area (Å²) in [4.78, 5) is 7.15. The first-order chi connectivity index (χ1) is 10.2. The predicted octanol–water partition coefficient (Wildman–Crippen LogP) is 3.86. The molecule has 116 valence electrons. The lowest BCUT2D eigenvalue weighted by Crippen LogP contribution is -2.42. The number of halogens is 2. The summed E-state index contributed by atoms with van der Waals surface area (Å²) in [7, 11) is 0. The van der Waals surface area contributed by atoms with Gasteiger partial charge >= 0.3 is 0 Å². The summed E-state index contributed by atoms with van der Waals surface area (Å²) in [5, 5.41) is 7.85. The number of nitrogens with one attached hydrogen (secondary N) is 2. The molecule has 2 fully saturated rings. The fourth-order valence-electron chi connectivity index (χ4n) is 3.41. The molecule has 0 spiro atoms. The van der Waals surface area contributed by atoms with Crippen LogP contribution in [0.5, 0.6) is 0 Å². The van der Waals surface area contributed by atoms with Gasteiger partial charge in [-0.05, 0) is 45.2 Å². The Morgan fingerprint density at radius 1 is 1.24 bits per heavy atom. The van der Waals surface area contributed by atoms with Crippen molar-refractivity contribution in [1.82, 2.24) is 9.88 Å². The number of hydrogen-bond donors (Lipinski definition) is 2. The second-order valence-electron chi connectivity index (χ2n) is 5.88. The van der Waals surface area contributed by atoms with Crippen molar-refractivity contribution in [2.75, 3.05) is 30.3 Å². The first-order valence-corrected chi connectivity index (χ1v) is 8.53. The van der Waals surface area contributed by atoms with Gasteiger partial charge in [-0.3, -0.25) is 0 Å². The number of fused-ring (bicyclic) bond motifs is 1. The third-order valence-electron chi connectivity index (χ3n) is 4.44. The van der Waals surface area contributed by atoms with E-state index < -0.39 is 0 Å². The van der Waals surface area contributed by atoms with E-state index in [0.717, 1.165) is 24.8 Å². The van der Waals surface area contributed by atoms with E-state index in [2.05, 4.69) is 20.5 Å². The first-order valence-electron chi connectivity index (χ1n) is 7.78. The Morgan fingerprint density at radius 3 is 2.86 bits per heavy atom. The summed E-state index contributed by atoms with van der Waals surface area (Å²) >= 11 is 12.4. The monoisotopic (exact) mass is 328 g/mol. The van der Waals surface area contributed by atoms with Gasteiger partial charge < -0.3 is 15.5 Å². The molecule has 2 aliphatic rings. The summed E-state index contributed by atoms with van der Waals surface area (Å²) < 4.78 is 0. The fraction of sp³-hybridized carbons (Fsp3) is 0.667. The van der Waals surface area contributed by atoms with Gasteiger partial charge in [0.25, 0.3) is 0 Å². The van der Waals surface area contributed by atoms with Gasteiger partial charge in [-0.25, -0.2) is 4.98 Å². The van der Waals surface area contributed by atoms with Crippen LogP contribution in [0.15, 0.2) is 6.07 Å². The zero-order chi connectivity index (χ0) is 14.8. The smallest absolute Gasteiger partial charge is 0.147 e. The fourth-order valence-corrected chi connectivity index (χ4v) is 3.89. The Hall–Kier alpha value is -0.710. The molecular formula is C15H22Cl2N4. The number of piperidine rings is 1. The first kappa shape index (κ1) is 15.2. The summed E-state index contributed by atoms with van der Waals surface area (Å²) in [6.07, 6.45) is 4.98.